The van der Waals surface area contributed by atoms with E-state index in [0.717, 1.165) is 39.1 Å². The minimum absolute atomic E-state index is 0.0758. The van der Waals surface area contributed by atoms with E-state index in [-0.39, 0.29) is 5.60 Å². The van der Waals surface area contributed by atoms with Crippen LogP contribution in [0.25, 0.3) is 0 Å². The van der Waals surface area contributed by atoms with E-state index in [1.54, 1.807) is 0 Å². The molecule has 0 saturated carbocycles. The van der Waals surface area contributed by atoms with Crippen LogP contribution >= 0.6 is 15.9 Å². The van der Waals surface area contributed by atoms with Crippen LogP contribution in [-0.4, -0.2) is 30.2 Å². The van der Waals surface area contributed by atoms with Gasteiger partial charge in [0.1, 0.15) is 0 Å². The maximum Gasteiger partial charge on any atom is 0.0947 e. The van der Waals surface area contributed by atoms with Gasteiger partial charge in [-0.2, -0.15) is 0 Å². The van der Waals surface area contributed by atoms with Crippen molar-refractivity contribution in [3.8, 4) is 0 Å². The lowest BCUT2D eigenvalue weighted by atomic mass is 9.93. The van der Waals surface area contributed by atoms with Gasteiger partial charge >= 0.3 is 0 Å². The highest BCUT2D eigenvalue weighted by molar-refractivity contribution is 9.09. The summed E-state index contributed by atoms with van der Waals surface area (Å²) in [5, 5.41) is 0. The second-order valence-corrected chi connectivity index (χ2v) is 4.72. The fourth-order valence-electron chi connectivity index (χ4n) is 1.83. The van der Waals surface area contributed by atoms with Crippen LogP contribution in [0.15, 0.2) is 0 Å². The molecule has 11 heavy (non-hydrogen) atoms. The highest BCUT2D eigenvalue weighted by atomic mass is 79.9. The van der Waals surface area contributed by atoms with Crippen LogP contribution < -0.4 is 0 Å². The molecule has 0 aliphatic carbocycles. The first-order chi connectivity index (χ1) is 5.31. The first-order valence-electron chi connectivity index (χ1n) is 4.17. The van der Waals surface area contributed by atoms with Crippen LogP contribution in [0.1, 0.15) is 19.3 Å². The Labute approximate surface area is 75.4 Å². The molecule has 2 unspecified atom stereocenters. The molecule has 2 heterocycles. The molecule has 0 N–H and O–H groups in total. The maximum atomic E-state index is 5.74. The zero-order chi connectivity index (χ0) is 7.73. The molecule has 64 valence electrons. The minimum Gasteiger partial charge on any atom is -0.378 e. The Morgan fingerprint density at radius 2 is 2.27 bits per heavy atom. The lowest BCUT2D eigenvalue weighted by Crippen LogP contribution is -2.40. The zero-order valence-electron chi connectivity index (χ0n) is 6.51. The Balaban J connectivity index is 2.00. The summed E-state index contributed by atoms with van der Waals surface area (Å²) in [6.45, 7) is 2.56. The summed E-state index contributed by atoms with van der Waals surface area (Å²) in [4.78, 5) is 0.637. The Hall–Kier alpha value is 0.400. The van der Waals surface area contributed by atoms with Crippen LogP contribution in [0, 0.1) is 0 Å². The number of alkyl halides is 1. The molecule has 0 radical (unpaired) electrons. The van der Waals surface area contributed by atoms with Crippen molar-refractivity contribution in [3.63, 3.8) is 0 Å². The summed E-state index contributed by atoms with van der Waals surface area (Å²) in [5.41, 5.74) is 0.0758. The molecule has 2 nitrogen and oxygen atoms in total. The monoisotopic (exact) mass is 220 g/mol. The minimum atomic E-state index is 0.0758. The quantitative estimate of drug-likeness (QED) is 0.580. The molecule has 0 aromatic carbocycles. The highest BCUT2D eigenvalue weighted by Crippen LogP contribution is 2.35. The predicted octanol–water partition coefficient (Wildman–Crippen LogP) is 1.72. The molecule has 2 aliphatic heterocycles. The van der Waals surface area contributed by atoms with Crippen molar-refractivity contribution in [3.05, 3.63) is 0 Å². The number of ether oxygens (including phenoxy) is 2. The summed E-state index contributed by atoms with van der Waals surface area (Å²) >= 11 is 3.64. The summed E-state index contributed by atoms with van der Waals surface area (Å²) < 4.78 is 11.1. The molecule has 2 fully saturated rings. The van der Waals surface area contributed by atoms with Crippen LogP contribution in [0.2, 0.25) is 0 Å². The molecular formula is C8H13BrO2. The maximum absolute atomic E-state index is 5.74. The van der Waals surface area contributed by atoms with Crippen molar-refractivity contribution in [2.45, 2.75) is 29.7 Å². The summed E-state index contributed by atoms with van der Waals surface area (Å²) in [5.74, 6) is 0. The number of rotatable bonds is 0. The lowest BCUT2D eigenvalue weighted by Gasteiger charge is -2.34. The normalized spacial score (nSPS) is 45.0. The van der Waals surface area contributed by atoms with Gasteiger partial charge < -0.3 is 9.47 Å². The first kappa shape index (κ1) is 8.02. The van der Waals surface area contributed by atoms with Crippen molar-refractivity contribution in [2.75, 3.05) is 19.8 Å². The highest BCUT2D eigenvalue weighted by Gasteiger charge is 2.40. The summed E-state index contributed by atoms with van der Waals surface area (Å²) in [6.07, 6.45) is 3.34. The molecule has 0 bridgehead atoms. The SMILES string of the molecule is BrC1CCOC2(CCOC2)C1. The van der Waals surface area contributed by atoms with Gasteiger partial charge in [0.15, 0.2) is 0 Å². The van der Waals surface area contributed by atoms with Gasteiger partial charge in [0.2, 0.25) is 0 Å². The van der Waals surface area contributed by atoms with Crippen LogP contribution in [-0.2, 0) is 9.47 Å². The zero-order valence-corrected chi connectivity index (χ0v) is 8.10. The molecule has 2 rings (SSSR count). The topological polar surface area (TPSA) is 18.5 Å². The van der Waals surface area contributed by atoms with Crippen LogP contribution in [0.3, 0.4) is 0 Å². The Bertz CT molecular complexity index is 143. The second kappa shape index (κ2) is 3.04. The largest absolute Gasteiger partial charge is 0.378 e. The van der Waals surface area contributed by atoms with E-state index in [0.29, 0.717) is 4.83 Å². The van der Waals surface area contributed by atoms with Gasteiger partial charge in [0, 0.05) is 24.5 Å². The molecule has 2 aliphatic rings. The number of hydrogen-bond donors (Lipinski definition) is 0. The van der Waals surface area contributed by atoms with Gasteiger partial charge in [-0.15, -0.1) is 0 Å². The molecule has 1 spiro atoms. The first-order valence-corrected chi connectivity index (χ1v) is 5.08. The average molecular weight is 221 g/mol. The van der Waals surface area contributed by atoms with E-state index >= 15 is 0 Å². The smallest absolute Gasteiger partial charge is 0.0947 e. The number of halogens is 1. The molecule has 0 amide bonds. The van der Waals surface area contributed by atoms with E-state index in [1.165, 1.54) is 0 Å². The standard InChI is InChI=1S/C8H13BrO2/c9-7-1-3-11-8(5-7)2-4-10-6-8/h7H,1-6H2. The van der Waals surface area contributed by atoms with E-state index in [4.69, 9.17) is 9.47 Å². The predicted molar refractivity (Wildman–Crippen MR) is 46.1 cm³/mol. The fourth-order valence-corrected chi connectivity index (χ4v) is 2.61. The van der Waals surface area contributed by atoms with Crippen LogP contribution in [0.5, 0.6) is 0 Å². The van der Waals surface area contributed by atoms with Crippen molar-refractivity contribution in [1.29, 1.82) is 0 Å². The van der Waals surface area contributed by atoms with Gasteiger partial charge in [-0.25, -0.2) is 0 Å². The third-order valence-corrected chi connectivity index (χ3v) is 3.28. The van der Waals surface area contributed by atoms with Crippen molar-refractivity contribution < 1.29 is 9.47 Å². The molecule has 3 heteroatoms. The molecule has 2 saturated heterocycles. The van der Waals surface area contributed by atoms with E-state index < -0.39 is 0 Å². The second-order valence-electron chi connectivity index (χ2n) is 3.42. The Kier molecular flexibility index (Phi) is 2.21. The Morgan fingerprint density at radius 1 is 1.36 bits per heavy atom. The van der Waals surface area contributed by atoms with Gasteiger partial charge in [-0.3, -0.25) is 0 Å². The van der Waals surface area contributed by atoms with Crippen molar-refractivity contribution in [2.24, 2.45) is 0 Å². The van der Waals surface area contributed by atoms with Gasteiger partial charge in [0.05, 0.1) is 12.2 Å². The molecule has 2 atom stereocenters. The van der Waals surface area contributed by atoms with E-state index in [9.17, 15) is 0 Å². The third-order valence-electron chi connectivity index (χ3n) is 2.50. The van der Waals surface area contributed by atoms with Crippen molar-refractivity contribution >= 4 is 15.9 Å². The molecule has 0 aromatic heterocycles. The van der Waals surface area contributed by atoms with Gasteiger partial charge in [-0.1, -0.05) is 15.9 Å². The van der Waals surface area contributed by atoms with Gasteiger partial charge in [-0.05, 0) is 12.8 Å². The van der Waals surface area contributed by atoms with E-state index in [2.05, 4.69) is 15.9 Å². The van der Waals surface area contributed by atoms with Gasteiger partial charge in [0.25, 0.3) is 0 Å². The lowest BCUT2D eigenvalue weighted by molar-refractivity contribution is -0.0763. The van der Waals surface area contributed by atoms with E-state index in [1.807, 2.05) is 0 Å². The van der Waals surface area contributed by atoms with Crippen LogP contribution in [0.4, 0.5) is 0 Å². The van der Waals surface area contributed by atoms with Crippen molar-refractivity contribution in [1.82, 2.24) is 0 Å². The third kappa shape index (κ3) is 1.60. The summed E-state index contributed by atoms with van der Waals surface area (Å²) in [7, 11) is 0. The molecular weight excluding hydrogens is 208 g/mol. The average Bonchev–Trinajstić information content (AvgIpc) is 2.37. The Morgan fingerprint density at radius 3 is 2.91 bits per heavy atom. The number of hydrogen-bond acceptors (Lipinski definition) is 2. The molecule has 0 aromatic rings. The fraction of sp³-hybridized carbons (Fsp3) is 1.00. The summed E-state index contributed by atoms with van der Waals surface area (Å²) in [6, 6.07) is 0.